The Balaban J connectivity index is 1.84. The number of anilines is 3. The number of nitrogens with one attached hydrogen (secondary N) is 1. The summed E-state index contributed by atoms with van der Waals surface area (Å²) in [6, 6.07) is 9.03. The van der Waals surface area contributed by atoms with E-state index in [4.69, 9.17) is 10.5 Å². The molecule has 1 aliphatic rings. The fourth-order valence-corrected chi connectivity index (χ4v) is 2.92. The van der Waals surface area contributed by atoms with Crippen molar-refractivity contribution in [1.82, 2.24) is 4.98 Å². The van der Waals surface area contributed by atoms with Gasteiger partial charge >= 0.3 is 0 Å². The quantitative estimate of drug-likeness (QED) is 0.879. The molecule has 2 amide bonds. The largest absolute Gasteiger partial charge is 0.477 e. The number of carbonyl (C=O) groups is 2. The van der Waals surface area contributed by atoms with Gasteiger partial charge < -0.3 is 15.8 Å². The predicted molar refractivity (Wildman–Crippen MR) is 100 cm³/mol. The molecule has 136 valence electrons. The van der Waals surface area contributed by atoms with Gasteiger partial charge in [-0.25, -0.2) is 4.98 Å². The Kier molecular flexibility index (Phi) is 4.79. The molecule has 7 heteroatoms. The molecule has 0 aliphatic carbocycles. The van der Waals surface area contributed by atoms with Gasteiger partial charge in [0.25, 0.3) is 5.91 Å². The third kappa shape index (κ3) is 3.46. The van der Waals surface area contributed by atoms with Crippen LogP contribution in [-0.4, -0.2) is 29.4 Å². The van der Waals surface area contributed by atoms with Crippen molar-refractivity contribution in [1.29, 1.82) is 0 Å². The number of hydrogen-bond donors (Lipinski definition) is 2. The van der Waals surface area contributed by atoms with Gasteiger partial charge in [-0.1, -0.05) is 24.6 Å². The second-order valence-electron chi connectivity index (χ2n) is 6.36. The second-order valence-corrected chi connectivity index (χ2v) is 6.36. The zero-order valence-corrected chi connectivity index (χ0v) is 15.1. The maximum atomic E-state index is 12.7. The molecule has 3 rings (SSSR count). The maximum Gasteiger partial charge on any atom is 0.269 e. The van der Waals surface area contributed by atoms with Gasteiger partial charge in [0, 0.05) is 5.69 Å². The fourth-order valence-electron chi connectivity index (χ4n) is 2.92. The molecule has 0 radical (unpaired) electrons. The van der Waals surface area contributed by atoms with Gasteiger partial charge in [-0.3, -0.25) is 14.5 Å². The minimum Gasteiger partial charge on any atom is -0.477 e. The van der Waals surface area contributed by atoms with Crippen molar-refractivity contribution < 1.29 is 14.3 Å². The highest BCUT2D eigenvalue weighted by atomic mass is 16.5. The summed E-state index contributed by atoms with van der Waals surface area (Å²) in [5.41, 5.74) is 8.53. The van der Waals surface area contributed by atoms with Crippen LogP contribution in [0.5, 0.6) is 5.75 Å². The second kappa shape index (κ2) is 7.03. The first-order valence-electron chi connectivity index (χ1n) is 8.50. The molecule has 2 heterocycles. The molecule has 3 N–H and O–H groups in total. The van der Waals surface area contributed by atoms with Crippen molar-refractivity contribution in [3.05, 3.63) is 41.5 Å². The maximum absolute atomic E-state index is 12.7. The van der Waals surface area contributed by atoms with Gasteiger partial charge in [0.15, 0.2) is 17.7 Å². The molecule has 0 spiro atoms. The first kappa shape index (κ1) is 17.7. The van der Waals surface area contributed by atoms with Gasteiger partial charge in [-0.2, -0.15) is 0 Å². The molecule has 0 fully saturated rings. The summed E-state index contributed by atoms with van der Waals surface area (Å²) < 4.78 is 5.67. The lowest BCUT2D eigenvalue weighted by atomic mass is 10.1. The summed E-state index contributed by atoms with van der Waals surface area (Å²) in [5, 5.41) is 2.85. The highest BCUT2D eigenvalue weighted by molar-refractivity contribution is 6.05. The van der Waals surface area contributed by atoms with Crippen LogP contribution in [0.4, 0.5) is 17.3 Å². The number of ether oxygens (including phenoxy) is 1. The van der Waals surface area contributed by atoms with Crippen LogP contribution in [0.2, 0.25) is 0 Å². The van der Waals surface area contributed by atoms with Gasteiger partial charge in [-0.05, 0) is 44.0 Å². The van der Waals surface area contributed by atoms with E-state index in [0.29, 0.717) is 17.9 Å². The summed E-state index contributed by atoms with van der Waals surface area (Å²) in [4.78, 5) is 30.7. The number of amides is 2. The van der Waals surface area contributed by atoms with Crippen molar-refractivity contribution in [2.75, 3.05) is 22.5 Å². The number of benzene rings is 1. The van der Waals surface area contributed by atoms with Crippen LogP contribution < -0.4 is 20.7 Å². The third-order valence-electron chi connectivity index (χ3n) is 4.26. The third-order valence-corrected chi connectivity index (χ3v) is 4.26. The number of hydrogen-bond acceptors (Lipinski definition) is 5. The Hall–Kier alpha value is -3.09. The Morgan fingerprint density at radius 1 is 1.31 bits per heavy atom. The summed E-state index contributed by atoms with van der Waals surface area (Å²) in [6.07, 6.45) is -0.139. The molecular formula is C19H22N4O3. The SMILES string of the molecule is CCC1Oc2ccc(N)nc2N(CC(=O)Nc2ccc(C)cc2C)C1=O. The van der Waals surface area contributed by atoms with Crippen molar-refractivity contribution >= 4 is 29.1 Å². The number of carbonyl (C=O) groups excluding carboxylic acids is 2. The molecule has 1 unspecified atom stereocenters. The monoisotopic (exact) mass is 354 g/mol. The number of aryl methyl sites for hydroxylation is 2. The van der Waals surface area contributed by atoms with E-state index >= 15 is 0 Å². The molecule has 1 atom stereocenters. The Labute approximate surface area is 152 Å². The van der Waals surface area contributed by atoms with E-state index in [0.717, 1.165) is 11.1 Å². The molecule has 7 nitrogen and oxygen atoms in total. The molecule has 0 bridgehead atoms. The highest BCUT2D eigenvalue weighted by Gasteiger charge is 2.35. The highest BCUT2D eigenvalue weighted by Crippen LogP contribution is 2.33. The average Bonchev–Trinajstić information content (AvgIpc) is 2.60. The molecular weight excluding hydrogens is 332 g/mol. The topological polar surface area (TPSA) is 97.6 Å². The van der Waals surface area contributed by atoms with Gasteiger partial charge in [-0.15, -0.1) is 0 Å². The normalized spacial score (nSPS) is 16.0. The number of rotatable bonds is 4. The van der Waals surface area contributed by atoms with Crippen LogP contribution >= 0.6 is 0 Å². The molecule has 1 aliphatic heterocycles. The Morgan fingerprint density at radius 2 is 2.08 bits per heavy atom. The molecule has 1 aromatic heterocycles. The van der Waals surface area contributed by atoms with Crippen LogP contribution in [0.3, 0.4) is 0 Å². The van der Waals surface area contributed by atoms with Crippen molar-refractivity contribution in [2.24, 2.45) is 0 Å². The average molecular weight is 354 g/mol. The summed E-state index contributed by atoms with van der Waals surface area (Å²) in [5.74, 6) is 0.376. The van der Waals surface area contributed by atoms with Crippen LogP contribution in [0, 0.1) is 13.8 Å². The Morgan fingerprint density at radius 3 is 2.77 bits per heavy atom. The zero-order chi connectivity index (χ0) is 18.8. The van der Waals surface area contributed by atoms with Crippen molar-refractivity contribution in [3.63, 3.8) is 0 Å². The number of nitrogens with two attached hydrogens (primary N) is 1. The van der Waals surface area contributed by atoms with Crippen LogP contribution in [0.15, 0.2) is 30.3 Å². The Bertz CT molecular complexity index is 866. The van der Waals surface area contributed by atoms with Crippen molar-refractivity contribution in [2.45, 2.75) is 33.3 Å². The first-order valence-corrected chi connectivity index (χ1v) is 8.50. The van der Waals surface area contributed by atoms with Crippen LogP contribution in [0.1, 0.15) is 24.5 Å². The lowest BCUT2D eigenvalue weighted by Crippen LogP contribution is -2.49. The van der Waals surface area contributed by atoms with Crippen LogP contribution in [0.25, 0.3) is 0 Å². The number of aromatic nitrogens is 1. The lowest BCUT2D eigenvalue weighted by Gasteiger charge is -2.32. The first-order chi connectivity index (χ1) is 12.4. The minimum absolute atomic E-state index is 0.157. The number of pyridine rings is 1. The summed E-state index contributed by atoms with van der Waals surface area (Å²) in [6.45, 7) is 5.61. The van der Waals surface area contributed by atoms with Gasteiger partial charge in [0.2, 0.25) is 5.91 Å². The molecule has 0 saturated heterocycles. The summed E-state index contributed by atoms with van der Waals surface area (Å²) in [7, 11) is 0. The molecule has 2 aromatic rings. The number of fused-ring (bicyclic) bond motifs is 1. The van der Waals surface area contributed by atoms with E-state index in [-0.39, 0.29) is 30.0 Å². The van der Waals surface area contributed by atoms with E-state index in [1.165, 1.54) is 4.90 Å². The zero-order valence-electron chi connectivity index (χ0n) is 15.1. The minimum atomic E-state index is -0.637. The molecule has 0 saturated carbocycles. The van der Waals surface area contributed by atoms with Gasteiger partial charge in [0.05, 0.1) is 0 Å². The smallest absolute Gasteiger partial charge is 0.269 e. The lowest BCUT2D eigenvalue weighted by molar-refractivity contribution is -0.128. The standard InChI is InChI=1S/C19H22N4O3/c1-4-14-19(25)23(18-15(26-14)7-8-16(20)22-18)10-17(24)21-13-6-5-11(2)9-12(13)3/h5-9,14H,4,10H2,1-3H3,(H2,20,22)(H,21,24). The fraction of sp³-hybridized carbons (Fsp3) is 0.316. The number of nitrogen functional groups attached to an aromatic ring is 1. The summed E-state index contributed by atoms with van der Waals surface area (Å²) >= 11 is 0. The number of nitrogens with zero attached hydrogens (tertiary/aromatic N) is 2. The molecule has 1 aromatic carbocycles. The van der Waals surface area contributed by atoms with Crippen LogP contribution in [-0.2, 0) is 9.59 Å². The van der Waals surface area contributed by atoms with E-state index in [9.17, 15) is 9.59 Å². The van der Waals surface area contributed by atoms with E-state index in [2.05, 4.69) is 10.3 Å². The van der Waals surface area contributed by atoms with E-state index in [1.807, 2.05) is 39.0 Å². The van der Waals surface area contributed by atoms with E-state index in [1.54, 1.807) is 12.1 Å². The molecule has 26 heavy (non-hydrogen) atoms. The van der Waals surface area contributed by atoms with Gasteiger partial charge in [0.1, 0.15) is 12.4 Å². The van der Waals surface area contributed by atoms with Crippen molar-refractivity contribution in [3.8, 4) is 5.75 Å². The predicted octanol–water partition coefficient (Wildman–Crippen LogP) is 2.42. The van der Waals surface area contributed by atoms with E-state index < -0.39 is 6.10 Å².